The first kappa shape index (κ1) is 22.4. The van der Waals surface area contributed by atoms with Crippen LogP contribution in [0.4, 0.5) is 8.78 Å². The molecular weight excluding hydrogens is 392 g/mol. The molecule has 9 heteroatoms. The number of halogens is 2. The highest BCUT2D eigenvalue weighted by Gasteiger charge is 2.29. The second-order valence-electron chi connectivity index (χ2n) is 7.06. The van der Waals surface area contributed by atoms with E-state index in [1.807, 2.05) is 0 Å². The minimum atomic E-state index is -3.78. The van der Waals surface area contributed by atoms with Crippen molar-refractivity contribution in [1.29, 1.82) is 0 Å². The molecule has 2 rings (SSSR count). The van der Waals surface area contributed by atoms with Crippen molar-refractivity contribution in [2.75, 3.05) is 13.7 Å². The van der Waals surface area contributed by atoms with Crippen LogP contribution in [0.2, 0.25) is 0 Å². The van der Waals surface area contributed by atoms with E-state index in [2.05, 4.69) is 10.1 Å². The van der Waals surface area contributed by atoms with E-state index in [4.69, 9.17) is 4.74 Å². The molecule has 6 nitrogen and oxygen atoms in total. The molecule has 0 spiro atoms. The maximum Gasteiger partial charge on any atom is 0.387 e. The van der Waals surface area contributed by atoms with Gasteiger partial charge in [-0.2, -0.15) is 8.78 Å². The highest BCUT2D eigenvalue weighted by Crippen LogP contribution is 2.30. The molecule has 1 aliphatic rings. The molecule has 0 bridgehead atoms. The van der Waals surface area contributed by atoms with Gasteiger partial charge in [-0.15, -0.1) is 0 Å². The number of rotatable bonds is 9. The zero-order valence-electron chi connectivity index (χ0n) is 16.1. The van der Waals surface area contributed by atoms with Gasteiger partial charge in [-0.25, -0.2) is 8.42 Å². The third-order valence-corrected chi connectivity index (χ3v) is 7.04. The van der Waals surface area contributed by atoms with Gasteiger partial charge in [0, 0.05) is 6.54 Å². The molecule has 1 aromatic carbocycles. The predicted molar refractivity (Wildman–Crippen MR) is 101 cm³/mol. The molecule has 0 aromatic heterocycles. The van der Waals surface area contributed by atoms with Crippen LogP contribution in [0.25, 0.3) is 0 Å². The van der Waals surface area contributed by atoms with E-state index < -0.39 is 33.4 Å². The lowest BCUT2D eigenvalue weighted by Gasteiger charge is -2.22. The smallest absolute Gasteiger partial charge is 0.387 e. The highest BCUT2D eigenvalue weighted by molar-refractivity contribution is 7.92. The molecule has 1 aromatic rings. The molecule has 0 radical (unpaired) electrons. The second kappa shape index (κ2) is 10.0. The Hall–Kier alpha value is -1.90. The molecule has 0 aliphatic heterocycles. The third-order valence-electron chi connectivity index (χ3n) is 5.01. The summed E-state index contributed by atoms with van der Waals surface area (Å²) in [5.74, 6) is -0.704. The number of hydrogen-bond acceptors (Lipinski definition) is 5. The van der Waals surface area contributed by atoms with Crippen LogP contribution in [0.5, 0.6) is 11.5 Å². The van der Waals surface area contributed by atoms with Crippen LogP contribution < -0.4 is 14.8 Å². The van der Waals surface area contributed by atoms with Crippen molar-refractivity contribution in [3.63, 3.8) is 0 Å². The number of benzene rings is 1. The summed E-state index contributed by atoms with van der Waals surface area (Å²) in [4.78, 5) is 12.3. The number of hydrogen-bond donors (Lipinski definition) is 1. The van der Waals surface area contributed by atoms with Crippen LogP contribution >= 0.6 is 0 Å². The molecule has 1 atom stereocenters. The van der Waals surface area contributed by atoms with Crippen LogP contribution in [0, 0.1) is 5.92 Å². The first-order valence-electron chi connectivity index (χ1n) is 9.34. The van der Waals surface area contributed by atoms with Crippen molar-refractivity contribution in [2.24, 2.45) is 5.92 Å². The lowest BCUT2D eigenvalue weighted by Crippen LogP contribution is -2.40. The molecule has 1 aliphatic carbocycles. The van der Waals surface area contributed by atoms with Gasteiger partial charge in [-0.1, -0.05) is 25.3 Å². The summed E-state index contributed by atoms with van der Waals surface area (Å²) in [6.45, 7) is -1.17. The fourth-order valence-corrected chi connectivity index (χ4v) is 4.60. The molecule has 1 amide bonds. The minimum Gasteiger partial charge on any atom is -0.493 e. The fraction of sp³-hybridized carbons (Fsp3) is 0.632. The molecule has 1 fully saturated rings. The maximum atomic E-state index is 12.6. The summed E-state index contributed by atoms with van der Waals surface area (Å²) in [5, 5.41) is 1.54. The van der Waals surface area contributed by atoms with Crippen molar-refractivity contribution in [3.05, 3.63) is 23.8 Å². The van der Waals surface area contributed by atoms with Gasteiger partial charge < -0.3 is 14.8 Å². The monoisotopic (exact) mass is 419 g/mol. The second-order valence-corrected chi connectivity index (χ2v) is 9.38. The van der Waals surface area contributed by atoms with Gasteiger partial charge in [0.25, 0.3) is 0 Å². The van der Waals surface area contributed by atoms with E-state index in [1.54, 1.807) is 0 Å². The van der Waals surface area contributed by atoms with Gasteiger partial charge in [0.2, 0.25) is 5.91 Å². The summed E-state index contributed by atoms with van der Waals surface area (Å²) in [6.07, 6.45) is 5.59. The Morgan fingerprint density at radius 1 is 1.21 bits per heavy atom. The lowest BCUT2D eigenvalue weighted by molar-refractivity contribution is -0.120. The molecular formula is C19H27F2NO5S. The zero-order valence-corrected chi connectivity index (χ0v) is 16.9. The summed E-state index contributed by atoms with van der Waals surface area (Å²) in [7, 11) is -2.51. The van der Waals surface area contributed by atoms with Crippen LogP contribution in [0.15, 0.2) is 18.2 Å². The summed E-state index contributed by atoms with van der Waals surface area (Å²) in [5.41, 5.74) is 0.324. The number of nitrogens with one attached hydrogen (secondary N) is 1. The average molecular weight is 419 g/mol. The molecule has 1 N–H and O–H groups in total. The molecule has 0 heterocycles. The summed E-state index contributed by atoms with van der Waals surface area (Å²) >= 11 is 0. The number of methoxy groups -OCH3 is 1. The summed E-state index contributed by atoms with van der Waals surface area (Å²) in [6, 6.07) is 3.91. The largest absolute Gasteiger partial charge is 0.493 e. The number of carbonyl (C=O) groups is 1. The number of sulfone groups is 1. The van der Waals surface area contributed by atoms with Gasteiger partial charge in [0.15, 0.2) is 21.3 Å². The first-order valence-corrected chi connectivity index (χ1v) is 11.1. The first-order chi connectivity index (χ1) is 13.2. The SMILES string of the molecule is COc1cc(CS(=O)(=O)[C@@H](C)C(=O)NCC2CCCCC2)ccc1OC(F)F. The molecule has 0 saturated heterocycles. The van der Waals surface area contributed by atoms with Crippen LogP contribution in [0.1, 0.15) is 44.6 Å². The Morgan fingerprint density at radius 3 is 2.50 bits per heavy atom. The van der Waals surface area contributed by atoms with Crippen molar-refractivity contribution in [3.8, 4) is 11.5 Å². The standard InChI is InChI=1S/C19H27F2NO5S/c1-13(18(23)22-11-14-6-4-3-5-7-14)28(24,25)12-15-8-9-16(27-19(20)21)17(10-15)26-2/h8-10,13-14,19H,3-7,11-12H2,1-2H3,(H,22,23)/t13-/m0/s1. The van der Waals surface area contributed by atoms with Crippen LogP contribution in [-0.4, -0.2) is 39.8 Å². The van der Waals surface area contributed by atoms with Gasteiger partial charge in [0.05, 0.1) is 12.9 Å². The van der Waals surface area contributed by atoms with Gasteiger partial charge in [-0.3, -0.25) is 4.79 Å². The van der Waals surface area contributed by atoms with Crippen molar-refractivity contribution >= 4 is 15.7 Å². The van der Waals surface area contributed by atoms with E-state index in [0.717, 1.165) is 25.7 Å². The Bertz CT molecular complexity index is 764. The quantitative estimate of drug-likeness (QED) is 0.664. The van der Waals surface area contributed by atoms with E-state index >= 15 is 0 Å². The Kier molecular flexibility index (Phi) is 8.03. The Labute approximate surface area is 164 Å². The topological polar surface area (TPSA) is 81.7 Å². The van der Waals surface area contributed by atoms with Crippen molar-refractivity contribution in [2.45, 2.75) is 56.6 Å². The third kappa shape index (κ3) is 6.32. The minimum absolute atomic E-state index is 0.00223. The van der Waals surface area contributed by atoms with Crippen molar-refractivity contribution in [1.82, 2.24) is 5.32 Å². The maximum absolute atomic E-state index is 12.6. The normalized spacial score (nSPS) is 16.6. The van der Waals surface area contributed by atoms with E-state index in [0.29, 0.717) is 18.0 Å². The molecule has 1 saturated carbocycles. The Balaban J connectivity index is 1.99. The highest BCUT2D eigenvalue weighted by atomic mass is 32.2. The molecule has 28 heavy (non-hydrogen) atoms. The summed E-state index contributed by atoms with van der Waals surface area (Å²) < 4.78 is 59.3. The van der Waals surface area contributed by atoms with E-state index in [9.17, 15) is 22.0 Å². The lowest BCUT2D eigenvalue weighted by atomic mass is 9.89. The van der Waals surface area contributed by atoms with Crippen LogP contribution in [-0.2, 0) is 20.4 Å². The number of amides is 1. The zero-order chi connectivity index (χ0) is 20.7. The fourth-order valence-electron chi connectivity index (χ4n) is 3.30. The number of alkyl halides is 2. The van der Waals surface area contributed by atoms with Gasteiger partial charge in [-0.05, 0) is 43.4 Å². The van der Waals surface area contributed by atoms with Gasteiger partial charge in [0.1, 0.15) is 5.25 Å². The van der Waals surface area contributed by atoms with E-state index in [1.165, 1.54) is 38.7 Å². The molecule has 0 unspecified atom stereocenters. The number of carbonyl (C=O) groups excluding carboxylic acids is 1. The van der Waals surface area contributed by atoms with Gasteiger partial charge >= 0.3 is 6.61 Å². The average Bonchev–Trinajstić information content (AvgIpc) is 2.66. The Morgan fingerprint density at radius 2 is 1.89 bits per heavy atom. The van der Waals surface area contributed by atoms with Crippen LogP contribution in [0.3, 0.4) is 0 Å². The predicted octanol–water partition coefficient (Wildman–Crippen LogP) is 3.30. The van der Waals surface area contributed by atoms with E-state index in [-0.39, 0.29) is 11.5 Å². The van der Waals surface area contributed by atoms with Crippen molar-refractivity contribution < 1.29 is 31.5 Å². The number of ether oxygens (including phenoxy) is 2. The molecule has 158 valence electrons.